The van der Waals surface area contributed by atoms with Crippen molar-refractivity contribution in [3.05, 3.63) is 35.9 Å². The van der Waals surface area contributed by atoms with Gasteiger partial charge in [-0.05, 0) is 43.9 Å². The standard InChI is InChI=1S/C15H23NS/c1-13(16-15-8-5-11-17-12-15)9-10-14-6-3-2-4-7-14/h2-4,6-7,13,15-16H,5,8-12H2,1H3. The Morgan fingerprint density at radius 1 is 1.35 bits per heavy atom. The highest BCUT2D eigenvalue weighted by atomic mass is 32.2. The van der Waals surface area contributed by atoms with E-state index in [0.717, 1.165) is 6.04 Å². The molecule has 1 aliphatic heterocycles. The Kier molecular flexibility index (Phi) is 5.40. The smallest absolute Gasteiger partial charge is 0.0160 e. The van der Waals surface area contributed by atoms with E-state index in [4.69, 9.17) is 0 Å². The fourth-order valence-electron chi connectivity index (χ4n) is 2.39. The average molecular weight is 249 g/mol. The summed E-state index contributed by atoms with van der Waals surface area (Å²) in [5.41, 5.74) is 1.46. The van der Waals surface area contributed by atoms with Gasteiger partial charge in [-0.15, -0.1) is 0 Å². The first-order chi connectivity index (χ1) is 8.34. The molecule has 1 saturated heterocycles. The van der Waals surface area contributed by atoms with Gasteiger partial charge in [0.05, 0.1) is 0 Å². The summed E-state index contributed by atoms with van der Waals surface area (Å²) in [6.07, 6.45) is 5.18. The molecule has 1 heterocycles. The van der Waals surface area contributed by atoms with Crippen LogP contribution in [0, 0.1) is 0 Å². The van der Waals surface area contributed by atoms with Gasteiger partial charge in [-0.25, -0.2) is 0 Å². The number of rotatable bonds is 5. The van der Waals surface area contributed by atoms with Crippen molar-refractivity contribution in [3.8, 4) is 0 Å². The summed E-state index contributed by atoms with van der Waals surface area (Å²) in [6, 6.07) is 12.2. The molecule has 1 fully saturated rings. The average Bonchev–Trinajstić information content (AvgIpc) is 2.39. The highest BCUT2D eigenvalue weighted by molar-refractivity contribution is 7.99. The fraction of sp³-hybridized carbons (Fsp3) is 0.600. The largest absolute Gasteiger partial charge is 0.311 e. The Hall–Kier alpha value is -0.470. The van der Waals surface area contributed by atoms with Crippen molar-refractivity contribution in [2.45, 2.75) is 44.7 Å². The van der Waals surface area contributed by atoms with Gasteiger partial charge in [-0.1, -0.05) is 30.3 Å². The number of nitrogens with one attached hydrogen (secondary N) is 1. The maximum absolute atomic E-state index is 3.77. The predicted molar refractivity (Wildman–Crippen MR) is 77.7 cm³/mol. The monoisotopic (exact) mass is 249 g/mol. The molecule has 1 N–H and O–H groups in total. The highest BCUT2D eigenvalue weighted by Crippen LogP contribution is 2.17. The van der Waals surface area contributed by atoms with E-state index in [9.17, 15) is 0 Å². The van der Waals surface area contributed by atoms with E-state index < -0.39 is 0 Å². The third-order valence-electron chi connectivity index (χ3n) is 3.39. The molecular formula is C15H23NS. The van der Waals surface area contributed by atoms with E-state index in [1.807, 2.05) is 0 Å². The van der Waals surface area contributed by atoms with Crippen molar-refractivity contribution in [1.82, 2.24) is 5.32 Å². The van der Waals surface area contributed by atoms with Gasteiger partial charge in [0.2, 0.25) is 0 Å². The Bertz CT molecular complexity index is 306. The molecule has 1 aliphatic rings. The van der Waals surface area contributed by atoms with Crippen molar-refractivity contribution in [3.63, 3.8) is 0 Å². The van der Waals surface area contributed by atoms with Gasteiger partial charge >= 0.3 is 0 Å². The molecule has 2 heteroatoms. The summed E-state index contributed by atoms with van der Waals surface area (Å²) in [7, 11) is 0. The van der Waals surface area contributed by atoms with Crippen LogP contribution in [0.1, 0.15) is 31.7 Å². The Labute approximate surface area is 109 Å². The van der Waals surface area contributed by atoms with Crippen LogP contribution in [0.4, 0.5) is 0 Å². The molecule has 1 nitrogen and oxygen atoms in total. The Morgan fingerprint density at radius 2 is 2.18 bits per heavy atom. The van der Waals surface area contributed by atoms with E-state index in [2.05, 4.69) is 54.3 Å². The van der Waals surface area contributed by atoms with Gasteiger partial charge in [0.1, 0.15) is 0 Å². The van der Waals surface area contributed by atoms with E-state index in [0.29, 0.717) is 6.04 Å². The van der Waals surface area contributed by atoms with Gasteiger partial charge in [-0.2, -0.15) is 11.8 Å². The molecule has 0 aliphatic carbocycles. The Morgan fingerprint density at radius 3 is 2.88 bits per heavy atom. The maximum atomic E-state index is 3.77. The minimum absolute atomic E-state index is 0.638. The molecule has 0 amide bonds. The minimum atomic E-state index is 0.638. The molecule has 94 valence electrons. The van der Waals surface area contributed by atoms with Gasteiger partial charge in [0.15, 0.2) is 0 Å². The first-order valence-electron chi connectivity index (χ1n) is 6.72. The van der Waals surface area contributed by atoms with Crippen LogP contribution < -0.4 is 5.32 Å². The number of thioether (sulfide) groups is 1. The van der Waals surface area contributed by atoms with Gasteiger partial charge in [0, 0.05) is 17.8 Å². The summed E-state index contributed by atoms with van der Waals surface area (Å²) in [5, 5.41) is 3.77. The fourth-order valence-corrected chi connectivity index (χ4v) is 3.47. The van der Waals surface area contributed by atoms with Crippen LogP contribution >= 0.6 is 11.8 Å². The molecule has 0 aromatic heterocycles. The molecule has 0 saturated carbocycles. The molecule has 2 unspecified atom stereocenters. The van der Waals surface area contributed by atoms with Crippen molar-refractivity contribution in [1.29, 1.82) is 0 Å². The zero-order chi connectivity index (χ0) is 11.9. The molecule has 0 bridgehead atoms. The molecule has 2 rings (SSSR count). The zero-order valence-electron chi connectivity index (χ0n) is 10.7. The normalized spacial score (nSPS) is 22.3. The van der Waals surface area contributed by atoms with Crippen LogP contribution in [0.5, 0.6) is 0 Å². The number of hydrogen-bond donors (Lipinski definition) is 1. The Balaban J connectivity index is 1.68. The lowest BCUT2D eigenvalue weighted by molar-refractivity contribution is 0.426. The molecule has 0 spiro atoms. The molecule has 17 heavy (non-hydrogen) atoms. The second kappa shape index (κ2) is 7.07. The van der Waals surface area contributed by atoms with E-state index in [-0.39, 0.29) is 0 Å². The summed E-state index contributed by atoms with van der Waals surface area (Å²) in [6.45, 7) is 2.32. The summed E-state index contributed by atoms with van der Waals surface area (Å²) in [4.78, 5) is 0. The van der Waals surface area contributed by atoms with Gasteiger partial charge < -0.3 is 5.32 Å². The van der Waals surface area contributed by atoms with Crippen molar-refractivity contribution in [2.24, 2.45) is 0 Å². The second-order valence-electron chi connectivity index (χ2n) is 5.01. The molecule has 2 atom stereocenters. The van der Waals surface area contributed by atoms with Crippen molar-refractivity contribution in [2.75, 3.05) is 11.5 Å². The van der Waals surface area contributed by atoms with Gasteiger partial charge in [-0.3, -0.25) is 0 Å². The summed E-state index contributed by atoms with van der Waals surface area (Å²) < 4.78 is 0. The van der Waals surface area contributed by atoms with Crippen molar-refractivity contribution < 1.29 is 0 Å². The van der Waals surface area contributed by atoms with Crippen LogP contribution in [-0.2, 0) is 6.42 Å². The molecule has 0 radical (unpaired) electrons. The summed E-state index contributed by atoms with van der Waals surface area (Å²) >= 11 is 2.10. The third-order valence-corrected chi connectivity index (χ3v) is 4.60. The lowest BCUT2D eigenvalue weighted by Crippen LogP contribution is -2.40. The van der Waals surface area contributed by atoms with Crippen LogP contribution in [0.2, 0.25) is 0 Å². The molecule has 1 aromatic rings. The number of hydrogen-bond acceptors (Lipinski definition) is 2. The SMILES string of the molecule is CC(CCc1ccccc1)NC1CCCSC1. The first-order valence-corrected chi connectivity index (χ1v) is 7.88. The zero-order valence-corrected chi connectivity index (χ0v) is 11.5. The predicted octanol–water partition coefficient (Wildman–Crippen LogP) is 3.49. The minimum Gasteiger partial charge on any atom is -0.311 e. The van der Waals surface area contributed by atoms with Crippen LogP contribution in [-0.4, -0.2) is 23.6 Å². The third kappa shape index (κ3) is 4.72. The quantitative estimate of drug-likeness (QED) is 0.857. The first kappa shape index (κ1) is 13.0. The summed E-state index contributed by atoms with van der Waals surface area (Å²) in [5.74, 6) is 2.66. The molecule has 1 aromatic carbocycles. The second-order valence-corrected chi connectivity index (χ2v) is 6.16. The number of aryl methyl sites for hydroxylation is 1. The van der Waals surface area contributed by atoms with Crippen LogP contribution in [0.15, 0.2) is 30.3 Å². The maximum Gasteiger partial charge on any atom is 0.0160 e. The van der Waals surface area contributed by atoms with E-state index in [1.54, 1.807) is 0 Å². The van der Waals surface area contributed by atoms with Crippen LogP contribution in [0.25, 0.3) is 0 Å². The van der Waals surface area contributed by atoms with Gasteiger partial charge in [0.25, 0.3) is 0 Å². The topological polar surface area (TPSA) is 12.0 Å². The van der Waals surface area contributed by atoms with Crippen LogP contribution in [0.3, 0.4) is 0 Å². The highest BCUT2D eigenvalue weighted by Gasteiger charge is 2.15. The van der Waals surface area contributed by atoms with E-state index in [1.165, 1.54) is 42.8 Å². The molecular weight excluding hydrogens is 226 g/mol. The lowest BCUT2D eigenvalue weighted by atomic mass is 10.0. The van der Waals surface area contributed by atoms with E-state index >= 15 is 0 Å². The number of benzene rings is 1. The van der Waals surface area contributed by atoms with Crippen molar-refractivity contribution >= 4 is 11.8 Å². The lowest BCUT2D eigenvalue weighted by Gasteiger charge is -2.26.